The molecule has 5 heteroatoms. The van der Waals surface area contributed by atoms with E-state index < -0.39 is 0 Å². The molecule has 1 aliphatic rings. The Balaban J connectivity index is 1.58. The molecule has 0 bridgehead atoms. The van der Waals surface area contributed by atoms with Crippen LogP contribution in [0.5, 0.6) is 0 Å². The van der Waals surface area contributed by atoms with Crippen molar-refractivity contribution in [2.24, 2.45) is 0 Å². The highest BCUT2D eigenvalue weighted by atomic mass is 35.5. The van der Waals surface area contributed by atoms with Gasteiger partial charge in [-0.15, -0.1) is 0 Å². The molecule has 3 aromatic rings. The quantitative estimate of drug-likeness (QED) is 0.350. The molecule has 190 valence electrons. The van der Waals surface area contributed by atoms with E-state index >= 15 is 0 Å². The first kappa shape index (κ1) is 26.4. The van der Waals surface area contributed by atoms with Crippen molar-refractivity contribution in [1.82, 2.24) is 14.7 Å². The largest absolute Gasteiger partial charge is 0.339 e. The molecule has 1 heterocycles. The van der Waals surface area contributed by atoms with Crippen molar-refractivity contribution >= 4 is 17.5 Å². The molecule has 3 atom stereocenters. The summed E-state index contributed by atoms with van der Waals surface area (Å²) in [7, 11) is 0. The van der Waals surface area contributed by atoms with Crippen LogP contribution < -0.4 is 0 Å². The van der Waals surface area contributed by atoms with Crippen LogP contribution in [0.4, 0.5) is 0 Å². The fourth-order valence-electron chi connectivity index (χ4n) is 5.34. The summed E-state index contributed by atoms with van der Waals surface area (Å²) in [5, 5.41) is 0.778. The fraction of sp³-hybridized carbons (Fsp3) is 0.387. The Morgan fingerprint density at radius 3 is 2.08 bits per heavy atom. The van der Waals surface area contributed by atoms with E-state index in [4.69, 9.17) is 11.6 Å². The van der Waals surface area contributed by atoms with Gasteiger partial charge in [0, 0.05) is 55.4 Å². The van der Waals surface area contributed by atoms with Crippen molar-refractivity contribution in [3.63, 3.8) is 0 Å². The van der Waals surface area contributed by atoms with E-state index in [1.165, 1.54) is 16.7 Å². The predicted octanol–water partition coefficient (Wildman–Crippen LogP) is 6.51. The molecule has 1 aliphatic heterocycles. The van der Waals surface area contributed by atoms with Crippen LogP contribution in [0.1, 0.15) is 60.8 Å². The van der Waals surface area contributed by atoms with E-state index in [9.17, 15) is 4.79 Å². The van der Waals surface area contributed by atoms with Crippen LogP contribution in [0.3, 0.4) is 0 Å². The van der Waals surface area contributed by atoms with Crippen LogP contribution in [0.15, 0.2) is 78.9 Å². The summed E-state index contributed by atoms with van der Waals surface area (Å²) in [6.45, 7) is 13.0. The van der Waals surface area contributed by atoms with Crippen molar-refractivity contribution in [3.8, 4) is 0 Å². The molecule has 0 spiro atoms. The van der Waals surface area contributed by atoms with Crippen LogP contribution in [0.25, 0.3) is 0 Å². The van der Waals surface area contributed by atoms with Gasteiger partial charge in [-0.1, -0.05) is 66.2 Å². The number of carbonyl (C=O) groups is 1. The molecule has 4 nitrogen and oxygen atoms in total. The highest BCUT2D eigenvalue weighted by Gasteiger charge is 2.34. The number of amides is 1. The second kappa shape index (κ2) is 12.1. The minimum atomic E-state index is 0.0978. The first-order valence-corrected chi connectivity index (χ1v) is 13.5. The minimum absolute atomic E-state index is 0.0978. The van der Waals surface area contributed by atoms with Crippen molar-refractivity contribution in [2.45, 2.75) is 52.4 Å². The topological polar surface area (TPSA) is 26.8 Å². The lowest BCUT2D eigenvalue weighted by Gasteiger charge is -2.47. The summed E-state index contributed by atoms with van der Waals surface area (Å²) in [5.74, 6) is 0.0978. The molecule has 0 aliphatic carbocycles. The monoisotopic (exact) mass is 503 g/mol. The van der Waals surface area contributed by atoms with Gasteiger partial charge < -0.3 is 4.90 Å². The van der Waals surface area contributed by atoms with Gasteiger partial charge in [0.2, 0.25) is 0 Å². The van der Waals surface area contributed by atoms with Crippen LogP contribution in [0.2, 0.25) is 5.02 Å². The average molecular weight is 504 g/mol. The minimum Gasteiger partial charge on any atom is -0.339 e. The lowest BCUT2D eigenvalue weighted by Crippen LogP contribution is -2.56. The summed E-state index contributed by atoms with van der Waals surface area (Å²) in [4.78, 5) is 19.9. The van der Waals surface area contributed by atoms with E-state index in [1.54, 1.807) is 0 Å². The number of benzene rings is 3. The van der Waals surface area contributed by atoms with Gasteiger partial charge in [0.25, 0.3) is 5.91 Å². The maximum atomic E-state index is 12.9. The van der Waals surface area contributed by atoms with Gasteiger partial charge in [0.1, 0.15) is 0 Å². The Labute approximate surface area is 221 Å². The van der Waals surface area contributed by atoms with Gasteiger partial charge in [-0.05, 0) is 68.7 Å². The van der Waals surface area contributed by atoms with E-state index in [1.807, 2.05) is 43.0 Å². The molecule has 0 radical (unpaired) electrons. The molecule has 1 saturated heterocycles. The van der Waals surface area contributed by atoms with Gasteiger partial charge in [0.05, 0.1) is 6.04 Å². The Kier molecular flexibility index (Phi) is 8.84. The number of piperazine rings is 1. The average Bonchev–Trinajstić information content (AvgIpc) is 2.90. The van der Waals surface area contributed by atoms with Crippen LogP contribution in [-0.2, 0) is 6.54 Å². The van der Waals surface area contributed by atoms with Crippen molar-refractivity contribution in [3.05, 3.63) is 106 Å². The Morgan fingerprint density at radius 2 is 1.47 bits per heavy atom. The van der Waals surface area contributed by atoms with Crippen LogP contribution in [-0.4, -0.2) is 58.9 Å². The number of rotatable bonds is 8. The summed E-state index contributed by atoms with van der Waals surface area (Å²) in [6.07, 6.45) is 0. The highest BCUT2D eigenvalue weighted by molar-refractivity contribution is 6.30. The molecule has 0 N–H and O–H groups in total. The zero-order valence-electron chi connectivity index (χ0n) is 21.9. The van der Waals surface area contributed by atoms with Gasteiger partial charge in [-0.2, -0.15) is 0 Å². The lowest BCUT2D eigenvalue weighted by molar-refractivity contribution is 0.0195. The van der Waals surface area contributed by atoms with Gasteiger partial charge in [-0.3, -0.25) is 14.6 Å². The number of halogens is 1. The van der Waals surface area contributed by atoms with Gasteiger partial charge >= 0.3 is 0 Å². The van der Waals surface area contributed by atoms with Crippen molar-refractivity contribution in [2.75, 3.05) is 26.2 Å². The number of hydrogen-bond donors (Lipinski definition) is 0. The molecule has 4 rings (SSSR count). The molecular weight excluding hydrogens is 466 g/mol. The van der Waals surface area contributed by atoms with Crippen molar-refractivity contribution in [1.29, 1.82) is 0 Å². The third-order valence-corrected chi connectivity index (χ3v) is 7.69. The normalized spacial score (nSPS) is 19.7. The van der Waals surface area contributed by atoms with Crippen LogP contribution >= 0.6 is 11.6 Å². The van der Waals surface area contributed by atoms with E-state index in [0.29, 0.717) is 12.1 Å². The second-order valence-corrected chi connectivity index (χ2v) is 10.3. The van der Waals surface area contributed by atoms with Crippen molar-refractivity contribution < 1.29 is 4.79 Å². The molecule has 1 amide bonds. The third-order valence-electron chi connectivity index (χ3n) is 7.43. The zero-order chi connectivity index (χ0) is 25.7. The summed E-state index contributed by atoms with van der Waals surface area (Å²) in [5.41, 5.74) is 4.55. The molecule has 0 unspecified atom stereocenters. The van der Waals surface area contributed by atoms with Gasteiger partial charge in [0.15, 0.2) is 0 Å². The molecule has 0 aromatic heterocycles. The number of nitrogens with zero attached hydrogens (tertiary/aromatic N) is 3. The second-order valence-electron chi connectivity index (χ2n) is 9.86. The first-order valence-electron chi connectivity index (χ1n) is 13.1. The van der Waals surface area contributed by atoms with E-state index in [0.717, 1.165) is 43.3 Å². The zero-order valence-corrected chi connectivity index (χ0v) is 22.7. The SMILES string of the molecule is CCN(CC)C(=O)c1ccc([C@H](c2ccccc2)N2C[C@@H](C)N(Cc3ccc(Cl)cc3)C[C@@H]2C)cc1. The molecule has 1 fully saturated rings. The maximum Gasteiger partial charge on any atom is 0.253 e. The Hall–Kier alpha value is -2.66. The number of hydrogen-bond acceptors (Lipinski definition) is 3. The summed E-state index contributed by atoms with van der Waals surface area (Å²) in [6, 6.07) is 28.1. The standard InChI is InChI=1S/C31H38ClN3O/c1-5-33(6-2)31(36)28-16-14-27(15-17-28)30(26-10-8-7-9-11-26)35-21-23(3)34(20-24(35)4)22-25-12-18-29(32)19-13-25/h7-19,23-24,30H,5-6,20-22H2,1-4H3/t23-,24+,30+/m1/s1. The Bertz CT molecular complexity index is 1110. The predicted molar refractivity (Wildman–Crippen MR) is 149 cm³/mol. The smallest absolute Gasteiger partial charge is 0.253 e. The molecular formula is C31H38ClN3O. The maximum absolute atomic E-state index is 12.9. The van der Waals surface area contributed by atoms with E-state index in [2.05, 4.69) is 78.2 Å². The fourth-order valence-corrected chi connectivity index (χ4v) is 5.47. The Morgan fingerprint density at radius 1 is 0.861 bits per heavy atom. The number of carbonyl (C=O) groups excluding carboxylic acids is 1. The molecule has 36 heavy (non-hydrogen) atoms. The van der Waals surface area contributed by atoms with E-state index in [-0.39, 0.29) is 11.9 Å². The summed E-state index contributed by atoms with van der Waals surface area (Å²) < 4.78 is 0. The van der Waals surface area contributed by atoms with Gasteiger partial charge in [-0.25, -0.2) is 0 Å². The highest BCUT2D eigenvalue weighted by Crippen LogP contribution is 2.34. The first-order chi connectivity index (χ1) is 17.4. The molecule has 0 saturated carbocycles. The lowest BCUT2D eigenvalue weighted by atomic mass is 9.92. The summed E-state index contributed by atoms with van der Waals surface area (Å²) >= 11 is 6.09. The third kappa shape index (κ3) is 6.00. The van der Waals surface area contributed by atoms with Crippen LogP contribution in [0, 0.1) is 0 Å². The molecule has 3 aromatic carbocycles.